The second kappa shape index (κ2) is 8.35. The zero-order chi connectivity index (χ0) is 14.4. The summed E-state index contributed by atoms with van der Waals surface area (Å²) in [5.41, 5.74) is 0. The average Bonchev–Trinajstić information content (AvgIpc) is 2.43. The van der Waals surface area contributed by atoms with E-state index in [4.69, 9.17) is 0 Å². The van der Waals surface area contributed by atoms with E-state index in [1.165, 1.54) is 65.0 Å². The molecule has 20 heavy (non-hydrogen) atoms. The van der Waals surface area contributed by atoms with Crippen molar-refractivity contribution >= 4 is 0 Å². The summed E-state index contributed by atoms with van der Waals surface area (Å²) in [5.74, 6) is 1.69. The zero-order valence-electron chi connectivity index (χ0n) is 13.9. The largest absolute Gasteiger partial charge is 0.314 e. The van der Waals surface area contributed by atoms with Gasteiger partial charge in [-0.3, -0.25) is 0 Å². The van der Waals surface area contributed by atoms with Crippen LogP contribution in [-0.2, 0) is 0 Å². The van der Waals surface area contributed by atoms with E-state index < -0.39 is 0 Å². The number of piperazine rings is 1. The van der Waals surface area contributed by atoms with Gasteiger partial charge in [-0.2, -0.15) is 0 Å². The summed E-state index contributed by atoms with van der Waals surface area (Å²) in [6.07, 6.45) is 5.70. The molecule has 1 aliphatic heterocycles. The lowest BCUT2D eigenvalue weighted by Gasteiger charge is -2.40. The smallest absolute Gasteiger partial charge is 0.0110 e. The van der Waals surface area contributed by atoms with Crippen LogP contribution >= 0.6 is 0 Å². The first-order valence-corrected chi connectivity index (χ1v) is 8.87. The van der Waals surface area contributed by atoms with Gasteiger partial charge in [0, 0.05) is 45.3 Å². The predicted molar refractivity (Wildman–Crippen MR) is 87.1 cm³/mol. The molecule has 1 aliphatic carbocycles. The fraction of sp³-hybridized carbons (Fsp3) is 1.00. The highest BCUT2D eigenvalue weighted by Crippen LogP contribution is 2.25. The Morgan fingerprint density at radius 2 is 1.65 bits per heavy atom. The molecule has 3 heteroatoms. The van der Waals surface area contributed by atoms with Gasteiger partial charge in [-0.1, -0.05) is 33.6 Å². The van der Waals surface area contributed by atoms with Crippen LogP contribution in [-0.4, -0.2) is 61.7 Å². The van der Waals surface area contributed by atoms with Crippen LogP contribution in [0.5, 0.6) is 0 Å². The monoisotopic (exact) mass is 281 g/mol. The summed E-state index contributed by atoms with van der Waals surface area (Å²) in [5, 5.41) is 3.72. The molecule has 1 saturated carbocycles. The van der Waals surface area contributed by atoms with Crippen molar-refractivity contribution in [1.82, 2.24) is 15.1 Å². The highest BCUT2D eigenvalue weighted by molar-refractivity contribution is 4.84. The van der Waals surface area contributed by atoms with Crippen molar-refractivity contribution in [2.75, 3.05) is 45.8 Å². The Balaban J connectivity index is 1.73. The predicted octanol–water partition coefficient (Wildman–Crippen LogP) is 2.43. The van der Waals surface area contributed by atoms with Crippen LogP contribution < -0.4 is 5.32 Å². The number of rotatable bonds is 6. The van der Waals surface area contributed by atoms with Gasteiger partial charge in [-0.15, -0.1) is 0 Å². The molecule has 2 fully saturated rings. The second-order valence-corrected chi connectivity index (χ2v) is 7.20. The molecule has 0 bridgehead atoms. The molecule has 2 unspecified atom stereocenters. The molecular formula is C17H35N3. The Bertz CT molecular complexity index is 257. The number of hydrogen-bond donors (Lipinski definition) is 1. The van der Waals surface area contributed by atoms with Gasteiger partial charge in [0.25, 0.3) is 0 Å². The lowest BCUT2D eigenvalue weighted by atomic mass is 9.84. The van der Waals surface area contributed by atoms with Crippen molar-refractivity contribution < 1.29 is 0 Å². The molecular weight excluding hydrogens is 246 g/mol. The lowest BCUT2D eigenvalue weighted by Crippen LogP contribution is -2.51. The van der Waals surface area contributed by atoms with Gasteiger partial charge in [0.2, 0.25) is 0 Å². The Hall–Kier alpha value is -0.120. The molecule has 0 radical (unpaired) electrons. The van der Waals surface area contributed by atoms with E-state index >= 15 is 0 Å². The average molecular weight is 281 g/mol. The Morgan fingerprint density at radius 3 is 2.30 bits per heavy atom. The zero-order valence-corrected chi connectivity index (χ0v) is 13.9. The first kappa shape index (κ1) is 16.3. The van der Waals surface area contributed by atoms with E-state index in [2.05, 4.69) is 35.9 Å². The van der Waals surface area contributed by atoms with Gasteiger partial charge in [-0.25, -0.2) is 0 Å². The Labute approximate surface area is 126 Å². The van der Waals surface area contributed by atoms with Gasteiger partial charge in [-0.05, 0) is 31.2 Å². The van der Waals surface area contributed by atoms with E-state index in [1.807, 2.05) is 0 Å². The van der Waals surface area contributed by atoms with Gasteiger partial charge in [0.15, 0.2) is 0 Å². The van der Waals surface area contributed by atoms with Crippen LogP contribution in [0.25, 0.3) is 0 Å². The molecule has 0 aromatic rings. The van der Waals surface area contributed by atoms with E-state index in [1.54, 1.807) is 0 Å². The molecule has 0 aromatic heterocycles. The fourth-order valence-electron chi connectivity index (χ4n) is 3.96. The van der Waals surface area contributed by atoms with Gasteiger partial charge < -0.3 is 15.1 Å². The van der Waals surface area contributed by atoms with Gasteiger partial charge >= 0.3 is 0 Å². The van der Waals surface area contributed by atoms with Crippen LogP contribution in [0, 0.1) is 11.8 Å². The minimum Gasteiger partial charge on any atom is -0.314 e. The van der Waals surface area contributed by atoms with Crippen LogP contribution in [0.2, 0.25) is 0 Å². The molecule has 1 saturated heterocycles. The van der Waals surface area contributed by atoms with Crippen LogP contribution in [0.1, 0.15) is 46.5 Å². The molecule has 0 aromatic carbocycles. The Morgan fingerprint density at radius 1 is 1.00 bits per heavy atom. The van der Waals surface area contributed by atoms with Crippen molar-refractivity contribution in [2.45, 2.75) is 52.5 Å². The van der Waals surface area contributed by atoms with Gasteiger partial charge in [0.1, 0.15) is 0 Å². The molecule has 1 heterocycles. The molecule has 3 nitrogen and oxygen atoms in total. The molecule has 1 N–H and O–H groups in total. The van der Waals surface area contributed by atoms with Crippen molar-refractivity contribution in [3.05, 3.63) is 0 Å². The lowest BCUT2D eigenvalue weighted by molar-refractivity contribution is 0.0932. The van der Waals surface area contributed by atoms with E-state index in [0.29, 0.717) is 0 Å². The van der Waals surface area contributed by atoms with Crippen LogP contribution in [0.15, 0.2) is 0 Å². The van der Waals surface area contributed by atoms with Crippen molar-refractivity contribution in [3.8, 4) is 0 Å². The third kappa shape index (κ3) is 5.01. The van der Waals surface area contributed by atoms with Crippen LogP contribution in [0.4, 0.5) is 0 Å². The summed E-state index contributed by atoms with van der Waals surface area (Å²) >= 11 is 0. The highest BCUT2D eigenvalue weighted by Gasteiger charge is 2.27. The number of nitrogens with one attached hydrogen (secondary N) is 1. The Kier molecular flexibility index (Phi) is 6.79. The summed E-state index contributed by atoms with van der Waals surface area (Å²) in [6.45, 7) is 15.7. The van der Waals surface area contributed by atoms with E-state index in [0.717, 1.165) is 24.4 Å². The first-order valence-electron chi connectivity index (χ1n) is 8.87. The maximum Gasteiger partial charge on any atom is 0.0110 e. The molecule has 0 amide bonds. The topological polar surface area (TPSA) is 18.5 Å². The van der Waals surface area contributed by atoms with Crippen molar-refractivity contribution in [2.24, 2.45) is 11.8 Å². The molecule has 2 aliphatic rings. The molecule has 2 rings (SSSR count). The number of hydrogen-bond acceptors (Lipinski definition) is 3. The third-order valence-electron chi connectivity index (χ3n) is 4.96. The maximum absolute atomic E-state index is 3.72. The van der Waals surface area contributed by atoms with Crippen LogP contribution in [0.3, 0.4) is 0 Å². The minimum absolute atomic E-state index is 0.780. The standard InChI is InChI=1S/C17H35N3/c1-4-18-17-8-6-5-7-16(17)14-20-11-9-19(10-12-20)13-15(2)3/h15-18H,4-14H2,1-3H3. The quantitative estimate of drug-likeness (QED) is 0.807. The summed E-state index contributed by atoms with van der Waals surface area (Å²) in [6, 6.07) is 0.780. The third-order valence-corrected chi connectivity index (χ3v) is 4.96. The highest BCUT2D eigenvalue weighted by atomic mass is 15.3. The maximum atomic E-state index is 3.72. The molecule has 118 valence electrons. The summed E-state index contributed by atoms with van der Waals surface area (Å²) in [4.78, 5) is 5.36. The van der Waals surface area contributed by atoms with Crippen molar-refractivity contribution in [1.29, 1.82) is 0 Å². The SMILES string of the molecule is CCNC1CCCCC1CN1CCN(CC(C)C)CC1. The first-order chi connectivity index (χ1) is 9.69. The van der Waals surface area contributed by atoms with E-state index in [9.17, 15) is 0 Å². The van der Waals surface area contributed by atoms with Crippen molar-refractivity contribution in [3.63, 3.8) is 0 Å². The second-order valence-electron chi connectivity index (χ2n) is 7.20. The minimum atomic E-state index is 0.780. The van der Waals surface area contributed by atoms with Gasteiger partial charge in [0.05, 0.1) is 0 Å². The summed E-state index contributed by atoms with van der Waals surface area (Å²) < 4.78 is 0. The summed E-state index contributed by atoms with van der Waals surface area (Å²) in [7, 11) is 0. The fourth-order valence-corrected chi connectivity index (χ4v) is 3.96. The normalized spacial score (nSPS) is 30.0. The van der Waals surface area contributed by atoms with E-state index in [-0.39, 0.29) is 0 Å². The number of nitrogens with zero attached hydrogens (tertiary/aromatic N) is 2. The molecule has 2 atom stereocenters. The molecule has 0 spiro atoms.